The highest BCUT2D eigenvalue weighted by molar-refractivity contribution is 5.71. The molecule has 0 aliphatic heterocycles. The Kier molecular flexibility index (Phi) is 51.2. The SMILES string of the molecule is CC/C=C\C/C=C\C/C=C\C/C=C\C/C=C\CCCCCCCCCCCCCC(=O)OC(COC(=O)CCCCCCCCCC/C=C\C/C=C\C/C=C\C/C=C\CC)COC(OCC[N+](C)(C)C)C(=O)O. The van der Waals surface area contributed by atoms with E-state index in [1.807, 2.05) is 21.1 Å². The minimum atomic E-state index is -1.52. The number of unbranched alkanes of at least 4 members (excludes halogenated alkanes) is 19. The number of esters is 2. The van der Waals surface area contributed by atoms with Crippen LogP contribution in [0.3, 0.4) is 0 Å². The van der Waals surface area contributed by atoms with E-state index in [0.717, 1.165) is 116 Å². The third-order valence-corrected chi connectivity index (χ3v) is 12.0. The third-order valence-electron chi connectivity index (χ3n) is 12.0. The smallest absolute Gasteiger partial charge is 0.361 e. The van der Waals surface area contributed by atoms with Crippen LogP contribution in [0.2, 0.25) is 0 Å². The van der Waals surface area contributed by atoms with Crippen molar-refractivity contribution < 1.29 is 42.9 Å². The normalized spacial score (nSPS) is 13.6. The van der Waals surface area contributed by atoms with Gasteiger partial charge in [-0.25, -0.2) is 4.79 Å². The molecule has 0 saturated heterocycles. The van der Waals surface area contributed by atoms with Crippen LogP contribution in [-0.4, -0.2) is 87.4 Å². The molecular formula is C64H108NO8+. The van der Waals surface area contributed by atoms with Crippen molar-refractivity contribution in [2.24, 2.45) is 0 Å². The van der Waals surface area contributed by atoms with Crippen molar-refractivity contribution in [2.45, 2.75) is 232 Å². The molecular weight excluding hydrogens is 911 g/mol. The summed E-state index contributed by atoms with van der Waals surface area (Å²) in [6.07, 6.45) is 71.6. The molecule has 416 valence electrons. The standard InChI is InChI=1S/C64H107NO8/c1-6-8-10-12-14-16-18-20-22-24-26-28-29-30-31-32-33-35-37-39-41-43-45-47-49-51-53-55-62(67)73-60(59-72-64(63(68)69)70-57-56-65(3,4)5)58-71-61(66)54-52-50-48-46-44-42-40-38-36-34-27-25-23-21-19-17-15-13-11-9-7-2/h8-11,14-17,20-23,26-28,30-31,34,60,64H,6-7,12-13,18-19,24-25,29,32-33,35-59H2,1-5H3/p+1/b10-8-,11-9-,16-14-,17-15-,22-20-,23-21-,28-26-,31-30-,34-27-. The molecule has 0 saturated carbocycles. The van der Waals surface area contributed by atoms with Crippen LogP contribution in [0.15, 0.2) is 109 Å². The van der Waals surface area contributed by atoms with Crippen molar-refractivity contribution in [3.8, 4) is 0 Å². The second kappa shape index (κ2) is 54.2. The molecule has 0 amide bonds. The summed E-state index contributed by atoms with van der Waals surface area (Å²) in [5.74, 6) is -2.03. The van der Waals surface area contributed by atoms with E-state index in [-0.39, 0.29) is 38.6 Å². The largest absolute Gasteiger partial charge is 0.477 e. The molecule has 0 heterocycles. The van der Waals surface area contributed by atoms with Crippen LogP contribution in [0.4, 0.5) is 0 Å². The second-order valence-electron chi connectivity index (χ2n) is 20.2. The van der Waals surface area contributed by atoms with Gasteiger partial charge in [0.15, 0.2) is 6.10 Å². The monoisotopic (exact) mass is 1020 g/mol. The first-order valence-electron chi connectivity index (χ1n) is 29.1. The van der Waals surface area contributed by atoms with Crippen molar-refractivity contribution >= 4 is 17.9 Å². The summed E-state index contributed by atoms with van der Waals surface area (Å²) in [6.45, 7) is 4.63. The van der Waals surface area contributed by atoms with Crippen molar-refractivity contribution in [3.63, 3.8) is 0 Å². The Labute approximate surface area is 447 Å². The number of carbonyl (C=O) groups excluding carboxylic acids is 2. The number of hydrogen-bond donors (Lipinski definition) is 1. The molecule has 2 unspecified atom stereocenters. The van der Waals surface area contributed by atoms with E-state index in [0.29, 0.717) is 17.4 Å². The highest BCUT2D eigenvalue weighted by atomic mass is 16.7. The minimum absolute atomic E-state index is 0.180. The zero-order valence-electron chi connectivity index (χ0n) is 47.3. The van der Waals surface area contributed by atoms with E-state index in [1.165, 1.54) is 70.6 Å². The van der Waals surface area contributed by atoms with E-state index < -0.39 is 24.3 Å². The van der Waals surface area contributed by atoms with Gasteiger partial charge in [0.1, 0.15) is 13.2 Å². The molecule has 0 radical (unpaired) electrons. The number of carboxylic acids is 1. The Bertz CT molecular complexity index is 1560. The van der Waals surface area contributed by atoms with Crippen molar-refractivity contribution in [2.75, 3.05) is 47.5 Å². The maximum Gasteiger partial charge on any atom is 0.361 e. The molecule has 0 aromatic heterocycles. The first-order chi connectivity index (χ1) is 35.6. The summed E-state index contributed by atoms with van der Waals surface area (Å²) in [4.78, 5) is 37.5. The number of likely N-dealkylation sites (N-methyl/N-ethyl adjacent to an activating group) is 1. The van der Waals surface area contributed by atoms with Gasteiger partial charge in [-0.3, -0.25) is 9.59 Å². The molecule has 9 heteroatoms. The number of rotatable bonds is 52. The maximum atomic E-state index is 12.9. The van der Waals surface area contributed by atoms with Crippen LogP contribution in [0.1, 0.15) is 219 Å². The van der Waals surface area contributed by atoms with Gasteiger partial charge in [-0.05, 0) is 96.3 Å². The Morgan fingerprint density at radius 2 is 0.740 bits per heavy atom. The predicted octanol–water partition coefficient (Wildman–Crippen LogP) is 17.1. The Morgan fingerprint density at radius 3 is 1.10 bits per heavy atom. The van der Waals surface area contributed by atoms with E-state index in [4.69, 9.17) is 18.9 Å². The number of carbonyl (C=O) groups is 3. The molecule has 0 aliphatic carbocycles. The molecule has 0 aliphatic rings. The quantitative estimate of drug-likeness (QED) is 0.0211. The number of carboxylic acid groups (broad SMARTS) is 1. The Balaban J connectivity index is 4.28. The molecule has 9 nitrogen and oxygen atoms in total. The average molecular weight is 1020 g/mol. The zero-order valence-corrected chi connectivity index (χ0v) is 47.3. The number of hydrogen-bond acceptors (Lipinski definition) is 7. The number of quaternary nitrogens is 1. The van der Waals surface area contributed by atoms with E-state index >= 15 is 0 Å². The summed E-state index contributed by atoms with van der Waals surface area (Å²) in [6, 6.07) is 0. The van der Waals surface area contributed by atoms with Gasteiger partial charge in [0.25, 0.3) is 6.29 Å². The fraction of sp³-hybridized carbons (Fsp3) is 0.672. The van der Waals surface area contributed by atoms with Gasteiger partial charge >= 0.3 is 17.9 Å². The number of allylic oxidation sites excluding steroid dienone is 18. The predicted molar refractivity (Wildman–Crippen MR) is 308 cm³/mol. The van der Waals surface area contributed by atoms with E-state index in [1.54, 1.807) is 0 Å². The number of nitrogens with zero attached hydrogens (tertiary/aromatic N) is 1. The van der Waals surface area contributed by atoms with Crippen molar-refractivity contribution in [3.05, 3.63) is 109 Å². The second-order valence-corrected chi connectivity index (χ2v) is 20.2. The molecule has 0 bridgehead atoms. The lowest BCUT2D eigenvalue weighted by Crippen LogP contribution is -2.40. The molecule has 0 spiro atoms. The topological polar surface area (TPSA) is 108 Å². The average Bonchev–Trinajstić information content (AvgIpc) is 3.36. The summed E-state index contributed by atoms with van der Waals surface area (Å²) in [7, 11) is 5.96. The summed E-state index contributed by atoms with van der Waals surface area (Å²) < 4.78 is 22.9. The van der Waals surface area contributed by atoms with Gasteiger partial charge in [0.05, 0.1) is 34.4 Å². The van der Waals surface area contributed by atoms with Gasteiger partial charge in [-0.1, -0.05) is 220 Å². The van der Waals surface area contributed by atoms with Gasteiger partial charge in [0, 0.05) is 12.8 Å². The fourth-order valence-electron chi connectivity index (χ4n) is 7.62. The number of aliphatic carboxylic acids is 1. The number of ether oxygens (including phenoxy) is 4. The van der Waals surface area contributed by atoms with E-state index in [2.05, 4.69) is 123 Å². The van der Waals surface area contributed by atoms with Crippen LogP contribution in [-0.2, 0) is 33.3 Å². The van der Waals surface area contributed by atoms with Crippen molar-refractivity contribution in [1.29, 1.82) is 0 Å². The first kappa shape index (κ1) is 69.0. The van der Waals surface area contributed by atoms with Crippen LogP contribution in [0.5, 0.6) is 0 Å². The van der Waals surface area contributed by atoms with E-state index in [9.17, 15) is 19.5 Å². The fourth-order valence-corrected chi connectivity index (χ4v) is 7.62. The molecule has 2 atom stereocenters. The summed E-state index contributed by atoms with van der Waals surface area (Å²) >= 11 is 0. The van der Waals surface area contributed by atoms with Crippen LogP contribution in [0.25, 0.3) is 0 Å². The molecule has 0 fully saturated rings. The molecule has 0 rings (SSSR count). The molecule has 0 aromatic rings. The summed E-state index contributed by atoms with van der Waals surface area (Å²) in [5, 5.41) is 9.71. The molecule has 0 aromatic carbocycles. The molecule has 1 N–H and O–H groups in total. The highest BCUT2D eigenvalue weighted by Crippen LogP contribution is 2.15. The highest BCUT2D eigenvalue weighted by Gasteiger charge is 2.25. The summed E-state index contributed by atoms with van der Waals surface area (Å²) in [5.41, 5.74) is 0. The third kappa shape index (κ3) is 55.5. The van der Waals surface area contributed by atoms with Gasteiger partial charge in [0.2, 0.25) is 0 Å². The first-order valence-corrected chi connectivity index (χ1v) is 29.1. The lowest BCUT2D eigenvalue weighted by Gasteiger charge is -2.25. The van der Waals surface area contributed by atoms with Crippen LogP contribution >= 0.6 is 0 Å². The maximum absolute atomic E-state index is 12.9. The zero-order chi connectivity index (χ0) is 53.4. The molecule has 73 heavy (non-hydrogen) atoms. The van der Waals surface area contributed by atoms with Crippen LogP contribution in [0, 0.1) is 0 Å². The lowest BCUT2D eigenvalue weighted by molar-refractivity contribution is -0.870. The van der Waals surface area contributed by atoms with Gasteiger partial charge < -0.3 is 28.5 Å². The van der Waals surface area contributed by atoms with Crippen LogP contribution < -0.4 is 0 Å². The lowest BCUT2D eigenvalue weighted by atomic mass is 10.0. The van der Waals surface area contributed by atoms with Gasteiger partial charge in [-0.15, -0.1) is 0 Å². The van der Waals surface area contributed by atoms with Gasteiger partial charge in [-0.2, -0.15) is 0 Å². The Morgan fingerprint density at radius 1 is 0.411 bits per heavy atom. The Hall–Kier alpha value is -4.05. The minimum Gasteiger partial charge on any atom is -0.477 e. The van der Waals surface area contributed by atoms with Crippen molar-refractivity contribution in [1.82, 2.24) is 0 Å².